The molecular weight excluding hydrogens is 330 g/mol. The molecule has 0 fully saturated rings. The molecule has 3 rings (SSSR count). The van der Waals surface area contributed by atoms with Gasteiger partial charge in [0.15, 0.2) is 0 Å². The highest BCUT2D eigenvalue weighted by atomic mass is 35.5. The van der Waals surface area contributed by atoms with Gasteiger partial charge < -0.3 is 10.1 Å². The molecule has 130 valence electrons. The largest absolute Gasteiger partial charge is 0.489 e. The maximum atomic E-state index is 6.02. The standard InChI is InChI=1S/C22H23NO.ClH/c1-18(20-12-6-3-7-13-20)23-16-21-14-8-9-15-22(21)24-17-19-10-4-2-5-11-19;/h2-15,18,23H,16-17H2,1H3;1H. The molecule has 0 saturated carbocycles. The Morgan fingerprint density at radius 3 is 2.12 bits per heavy atom. The van der Waals surface area contributed by atoms with E-state index in [1.807, 2.05) is 36.4 Å². The van der Waals surface area contributed by atoms with Crippen LogP contribution >= 0.6 is 12.4 Å². The van der Waals surface area contributed by atoms with Crippen LogP contribution in [0.25, 0.3) is 0 Å². The molecule has 1 unspecified atom stereocenters. The molecule has 0 spiro atoms. The van der Waals surface area contributed by atoms with Crippen LogP contribution in [0, 0.1) is 0 Å². The van der Waals surface area contributed by atoms with Crippen molar-refractivity contribution < 1.29 is 4.74 Å². The number of halogens is 1. The van der Waals surface area contributed by atoms with Crippen molar-refractivity contribution in [3.63, 3.8) is 0 Å². The summed E-state index contributed by atoms with van der Waals surface area (Å²) in [6.07, 6.45) is 0. The monoisotopic (exact) mass is 353 g/mol. The zero-order valence-electron chi connectivity index (χ0n) is 14.4. The van der Waals surface area contributed by atoms with E-state index >= 15 is 0 Å². The average Bonchev–Trinajstić information content (AvgIpc) is 2.66. The third-order valence-corrected chi connectivity index (χ3v) is 4.11. The third-order valence-electron chi connectivity index (χ3n) is 4.11. The zero-order valence-corrected chi connectivity index (χ0v) is 15.2. The van der Waals surface area contributed by atoms with E-state index in [-0.39, 0.29) is 12.4 Å². The molecule has 0 heterocycles. The second-order valence-electron chi connectivity index (χ2n) is 5.90. The van der Waals surface area contributed by atoms with E-state index in [4.69, 9.17) is 4.74 Å². The van der Waals surface area contributed by atoms with Crippen molar-refractivity contribution in [1.82, 2.24) is 5.32 Å². The lowest BCUT2D eigenvalue weighted by Gasteiger charge is -2.16. The summed E-state index contributed by atoms with van der Waals surface area (Å²) in [5.74, 6) is 0.939. The molecule has 1 atom stereocenters. The van der Waals surface area contributed by atoms with Crippen LogP contribution in [-0.2, 0) is 13.2 Å². The molecular formula is C22H24ClNO. The minimum absolute atomic E-state index is 0. The maximum Gasteiger partial charge on any atom is 0.124 e. The van der Waals surface area contributed by atoms with Crippen LogP contribution in [0.1, 0.15) is 29.7 Å². The smallest absolute Gasteiger partial charge is 0.124 e. The molecule has 0 aromatic heterocycles. The predicted octanol–water partition coefficient (Wildman–Crippen LogP) is 5.54. The Bertz CT molecular complexity index is 746. The fourth-order valence-electron chi connectivity index (χ4n) is 2.65. The van der Waals surface area contributed by atoms with E-state index in [0.717, 1.165) is 12.3 Å². The topological polar surface area (TPSA) is 21.3 Å². The highest BCUT2D eigenvalue weighted by Gasteiger charge is 2.07. The second-order valence-corrected chi connectivity index (χ2v) is 5.90. The van der Waals surface area contributed by atoms with Crippen molar-refractivity contribution in [3.8, 4) is 5.75 Å². The molecule has 0 aliphatic heterocycles. The molecule has 2 nitrogen and oxygen atoms in total. The van der Waals surface area contributed by atoms with E-state index < -0.39 is 0 Å². The highest BCUT2D eigenvalue weighted by Crippen LogP contribution is 2.21. The average molecular weight is 354 g/mol. The van der Waals surface area contributed by atoms with Gasteiger partial charge in [-0.15, -0.1) is 12.4 Å². The Morgan fingerprint density at radius 2 is 1.40 bits per heavy atom. The van der Waals surface area contributed by atoms with Crippen LogP contribution in [0.2, 0.25) is 0 Å². The molecule has 25 heavy (non-hydrogen) atoms. The van der Waals surface area contributed by atoms with Gasteiger partial charge in [0, 0.05) is 18.2 Å². The lowest BCUT2D eigenvalue weighted by molar-refractivity contribution is 0.301. The molecule has 3 aromatic rings. The van der Waals surface area contributed by atoms with Gasteiger partial charge in [0.25, 0.3) is 0 Å². The van der Waals surface area contributed by atoms with Gasteiger partial charge in [-0.25, -0.2) is 0 Å². The van der Waals surface area contributed by atoms with Gasteiger partial charge in [0.05, 0.1) is 0 Å². The van der Waals surface area contributed by atoms with Crippen LogP contribution in [-0.4, -0.2) is 0 Å². The lowest BCUT2D eigenvalue weighted by Crippen LogP contribution is -2.18. The van der Waals surface area contributed by atoms with Gasteiger partial charge in [-0.2, -0.15) is 0 Å². The Kier molecular flexibility index (Phi) is 7.52. The van der Waals surface area contributed by atoms with Crippen LogP contribution in [0.15, 0.2) is 84.9 Å². The van der Waals surface area contributed by atoms with Crippen LogP contribution in [0.5, 0.6) is 5.75 Å². The first-order valence-electron chi connectivity index (χ1n) is 8.36. The van der Waals surface area contributed by atoms with Gasteiger partial charge in [0.2, 0.25) is 0 Å². The Morgan fingerprint density at radius 1 is 0.800 bits per heavy atom. The maximum absolute atomic E-state index is 6.02. The Hall–Kier alpha value is -2.29. The Labute approximate surface area is 156 Å². The molecule has 1 N–H and O–H groups in total. The lowest BCUT2D eigenvalue weighted by atomic mass is 10.1. The van der Waals surface area contributed by atoms with E-state index in [1.165, 1.54) is 16.7 Å². The summed E-state index contributed by atoms with van der Waals surface area (Å²) in [6, 6.07) is 29.3. The van der Waals surface area contributed by atoms with Crippen molar-refractivity contribution in [2.24, 2.45) is 0 Å². The number of hydrogen-bond donors (Lipinski definition) is 1. The summed E-state index contributed by atoms with van der Waals surface area (Å²) >= 11 is 0. The molecule has 0 bridgehead atoms. The molecule has 0 saturated heterocycles. The zero-order chi connectivity index (χ0) is 16.6. The number of ether oxygens (including phenoxy) is 1. The van der Waals surface area contributed by atoms with E-state index in [9.17, 15) is 0 Å². The van der Waals surface area contributed by atoms with Gasteiger partial charge in [0.1, 0.15) is 12.4 Å². The normalized spacial score (nSPS) is 11.4. The number of rotatable bonds is 7. The van der Waals surface area contributed by atoms with E-state index in [2.05, 4.69) is 60.8 Å². The predicted molar refractivity (Wildman–Crippen MR) is 106 cm³/mol. The summed E-state index contributed by atoms with van der Waals surface area (Å²) in [4.78, 5) is 0. The number of hydrogen-bond acceptors (Lipinski definition) is 2. The first kappa shape index (κ1) is 19.0. The third kappa shape index (κ3) is 5.63. The minimum Gasteiger partial charge on any atom is -0.489 e. The number of benzene rings is 3. The SMILES string of the molecule is CC(NCc1ccccc1OCc1ccccc1)c1ccccc1.Cl. The van der Waals surface area contributed by atoms with Crippen molar-refractivity contribution >= 4 is 12.4 Å². The van der Waals surface area contributed by atoms with Gasteiger partial charge in [-0.3, -0.25) is 0 Å². The fourth-order valence-corrected chi connectivity index (χ4v) is 2.65. The van der Waals surface area contributed by atoms with Gasteiger partial charge in [-0.05, 0) is 24.1 Å². The van der Waals surface area contributed by atoms with E-state index in [1.54, 1.807) is 0 Å². The summed E-state index contributed by atoms with van der Waals surface area (Å²) in [5, 5.41) is 3.57. The Balaban J connectivity index is 0.00000225. The van der Waals surface area contributed by atoms with Crippen molar-refractivity contribution in [2.45, 2.75) is 26.1 Å². The molecule has 3 aromatic carbocycles. The molecule has 0 radical (unpaired) electrons. The quantitative estimate of drug-likeness (QED) is 0.602. The van der Waals surface area contributed by atoms with Gasteiger partial charge >= 0.3 is 0 Å². The first-order chi connectivity index (χ1) is 11.8. The summed E-state index contributed by atoms with van der Waals surface area (Å²) in [5.41, 5.74) is 3.65. The summed E-state index contributed by atoms with van der Waals surface area (Å²) in [6.45, 7) is 3.55. The minimum atomic E-state index is 0. The molecule has 0 aliphatic carbocycles. The van der Waals surface area contributed by atoms with E-state index in [0.29, 0.717) is 12.6 Å². The van der Waals surface area contributed by atoms with Crippen LogP contribution < -0.4 is 10.1 Å². The molecule has 3 heteroatoms. The fraction of sp³-hybridized carbons (Fsp3) is 0.182. The molecule has 0 aliphatic rings. The van der Waals surface area contributed by atoms with Crippen LogP contribution in [0.4, 0.5) is 0 Å². The number of nitrogens with one attached hydrogen (secondary N) is 1. The number of para-hydroxylation sites is 1. The van der Waals surface area contributed by atoms with Gasteiger partial charge in [-0.1, -0.05) is 78.9 Å². The second kappa shape index (κ2) is 9.87. The van der Waals surface area contributed by atoms with Crippen molar-refractivity contribution in [3.05, 3.63) is 102 Å². The van der Waals surface area contributed by atoms with Crippen molar-refractivity contribution in [1.29, 1.82) is 0 Å². The van der Waals surface area contributed by atoms with Crippen LogP contribution in [0.3, 0.4) is 0 Å². The summed E-state index contributed by atoms with van der Waals surface area (Å²) in [7, 11) is 0. The first-order valence-corrected chi connectivity index (χ1v) is 8.36. The highest BCUT2D eigenvalue weighted by molar-refractivity contribution is 5.85. The summed E-state index contributed by atoms with van der Waals surface area (Å²) < 4.78 is 6.02. The van der Waals surface area contributed by atoms with Crippen molar-refractivity contribution in [2.75, 3.05) is 0 Å². The molecule has 0 amide bonds.